The minimum atomic E-state index is 0.219. The lowest BCUT2D eigenvalue weighted by atomic mass is 10.0. The highest BCUT2D eigenvalue weighted by Gasteiger charge is 2.11. The highest BCUT2D eigenvalue weighted by atomic mass is 16.5. The van der Waals surface area contributed by atoms with E-state index in [9.17, 15) is 0 Å². The Balaban J connectivity index is 2.50. The third-order valence-electron chi connectivity index (χ3n) is 2.77. The predicted octanol–water partition coefficient (Wildman–Crippen LogP) is 2.14. The molecule has 1 unspecified atom stereocenters. The zero-order valence-electron chi connectivity index (χ0n) is 9.60. The summed E-state index contributed by atoms with van der Waals surface area (Å²) in [6, 6.07) is 8.52. The molecule has 1 atom stereocenters. The Bertz CT molecular complexity index is 465. The number of hydrogen-bond acceptors (Lipinski definition) is 3. The zero-order valence-corrected chi connectivity index (χ0v) is 9.60. The standard InChI is InChI=1S/C13H16N2O/c1-14-13(9-16-2)12-5-3-4-10-8-15-7-6-11(10)12/h3-8,13-14H,9H2,1-2H3. The van der Waals surface area contributed by atoms with E-state index < -0.39 is 0 Å². The number of likely N-dealkylation sites (N-methyl/N-ethyl adjacent to an activating group) is 1. The molecule has 1 N–H and O–H groups in total. The van der Waals surface area contributed by atoms with Gasteiger partial charge in [0.1, 0.15) is 0 Å². The Labute approximate surface area is 95.5 Å². The van der Waals surface area contributed by atoms with Crippen LogP contribution >= 0.6 is 0 Å². The van der Waals surface area contributed by atoms with Crippen LogP contribution in [0.3, 0.4) is 0 Å². The van der Waals surface area contributed by atoms with Crippen molar-refractivity contribution in [3.8, 4) is 0 Å². The average molecular weight is 216 g/mol. The maximum Gasteiger partial charge on any atom is 0.0657 e. The van der Waals surface area contributed by atoms with Gasteiger partial charge in [0.15, 0.2) is 0 Å². The van der Waals surface area contributed by atoms with Crippen LogP contribution in [0.4, 0.5) is 0 Å². The topological polar surface area (TPSA) is 34.1 Å². The van der Waals surface area contributed by atoms with Gasteiger partial charge >= 0.3 is 0 Å². The second-order valence-electron chi connectivity index (χ2n) is 3.74. The molecule has 0 saturated carbocycles. The molecule has 3 nitrogen and oxygen atoms in total. The van der Waals surface area contributed by atoms with Crippen LogP contribution < -0.4 is 5.32 Å². The lowest BCUT2D eigenvalue weighted by Gasteiger charge is -2.17. The van der Waals surface area contributed by atoms with Crippen LogP contribution in [0.2, 0.25) is 0 Å². The van der Waals surface area contributed by atoms with Crippen LogP contribution in [0.5, 0.6) is 0 Å². The molecule has 3 heteroatoms. The molecule has 0 radical (unpaired) electrons. The molecule has 1 aromatic carbocycles. The van der Waals surface area contributed by atoms with Gasteiger partial charge in [0.2, 0.25) is 0 Å². The minimum Gasteiger partial charge on any atom is -0.383 e. The van der Waals surface area contributed by atoms with E-state index in [4.69, 9.17) is 4.74 Å². The van der Waals surface area contributed by atoms with Gasteiger partial charge in [0, 0.05) is 24.9 Å². The van der Waals surface area contributed by atoms with Crippen molar-refractivity contribution in [2.45, 2.75) is 6.04 Å². The smallest absolute Gasteiger partial charge is 0.0657 e. The number of nitrogens with one attached hydrogen (secondary N) is 1. The summed E-state index contributed by atoms with van der Waals surface area (Å²) in [5.74, 6) is 0. The number of pyridine rings is 1. The van der Waals surface area contributed by atoms with Crippen molar-refractivity contribution in [2.75, 3.05) is 20.8 Å². The molecule has 0 aliphatic heterocycles. The first-order valence-electron chi connectivity index (χ1n) is 5.35. The number of methoxy groups -OCH3 is 1. The lowest BCUT2D eigenvalue weighted by molar-refractivity contribution is 0.171. The summed E-state index contributed by atoms with van der Waals surface area (Å²) in [4.78, 5) is 4.13. The summed E-state index contributed by atoms with van der Waals surface area (Å²) in [6.45, 7) is 0.665. The lowest BCUT2D eigenvalue weighted by Crippen LogP contribution is -2.21. The number of rotatable bonds is 4. The molecule has 0 saturated heterocycles. The van der Waals surface area contributed by atoms with Gasteiger partial charge in [-0.3, -0.25) is 4.98 Å². The first kappa shape index (κ1) is 11.0. The third kappa shape index (κ3) is 2.05. The van der Waals surface area contributed by atoms with Gasteiger partial charge in [0.25, 0.3) is 0 Å². The third-order valence-corrected chi connectivity index (χ3v) is 2.77. The molecule has 0 spiro atoms. The SMILES string of the molecule is CNC(COC)c1cccc2cnccc12. The number of nitrogens with zero attached hydrogens (tertiary/aromatic N) is 1. The first-order chi connectivity index (χ1) is 7.86. The fraction of sp³-hybridized carbons (Fsp3) is 0.308. The van der Waals surface area contributed by atoms with E-state index in [0.717, 1.165) is 5.39 Å². The molecular weight excluding hydrogens is 200 g/mol. The molecule has 0 bridgehead atoms. The molecule has 1 heterocycles. The number of hydrogen-bond donors (Lipinski definition) is 1. The van der Waals surface area contributed by atoms with E-state index in [1.807, 2.05) is 25.5 Å². The van der Waals surface area contributed by atoms with Gasteiger partial charge in [-0.1, -0.05) is 18.2 Å². The molecule has 0 aliphatic rings. The van der Waals surface area contributed by atoms with Crippen LogP contribution in [0.15, 0.2) is 36.7 Å². The average Bonchev–Trinajstić information content (AvgIpc) is 2.35. The number of benzene rings is 1. The van der Waals surface area contributed by atoms with Gasteiger partial charge in [-0.25, -0.2) is 0 Å². The second-order valence-corrected chi connectivity index (χ2v) is 3.74. The van der Waals surface area contributed by atoms with Gasteiger partial charge in [0.05, 0.1) is 12.6 Å². The zero-order chi connectivity index (χ0) is 11.4. The van der Waals surface area contributed by atoms with E-state index in [0.29, 0.717) is 6.61 Å². The normalized spacial score (nSPS) is 12.9. The maximum absolute atomic E-state index is 5.22. The fourth-order valence-electron chi connectivity index (χ4n) is 1.95. The summed E-state index contributed by atoms with van der Waals surface area (Å²) in [5.41, 5.74) is 1.25. The number of ether oxygens (including phenoxy) is 1. The van der Waals surface area contributed by atoms with Crippen LogP contribution in [0, 0.1) is 0 Å². The highest BCUT2D eigenvalue weighted by molar-refractivity contribution is 5.85. The molecule has 2 rings (SSSR count). The predicted molar refractivity (Wildman–Crippen MR) is 65.4 cm³/mol. The summed E-state index contributed by atoms with van der Waals surface area (Å²) in [7, 11) is 3.67. The van der Waals surface area contributed by atoms with E-state index >= 15 is 0 Å². The van der Waals surface area contributed by atoms with Crippen LogP contribution in [-0.4, -0.2) is 25.7 Å². The van der Waals surface area contributed by atoms with Crippen molar-refractivity contribution >= 4 is 10.8 Å². The van der Waals surface area contributed by atoms with E-state index in [2.05, 4.69) is 28.5 Å². The first-order valence-corrected chi connectivity index (χ1v) is 5.35. The Morgan fingerprint density at radius 2 is 2.25 bits per heavy atom. The fourth-order valence-corrected chi connectivity index (χ4v) is 1.95. The monoisotopic (exact) mass is 216 g/mol. The van der Waals surface area contributed by atoms with E-state index in [-0.39, 0.29) is 6.04 Å². The maximum atomic E-state index is 5.22. The van der Waals surface area contributed by atoms with Crippen molar-refractivity contribution in [3.63, 3.8) is 0 Å². The minimum absolute atomic E-state index is 0.219. The quantitative estimate of drug-likeness (QED) is 0.850. The van der Waals surface area contributed by atoms with Crippen LogP contribution in [0.25, 0.3) is 10.8 Å². The summed E-state index contributed by atoms with van der Waals surface area (Å²) >= 11 is 0. The van der Waals surface area contributed by atoms with Crippen molar-refractivity contribution in [1.29, 1.82) is 0 Å². The van der Waals surface area contributed by atoms with Crippen molar-refractivity contribution in [2.24, 2.45) is 0 Å². The van der Waals surface area contributed by atoms with Gasteiger partial charge in [-0.2, -0.15) is 0 Å². The van der Waals surface area contributed by atoms with Gasteiger partial charge in [-0.05, 0) is 24.1 Å². The summed E-state index contributed by atoms with van der Waals surface area (Å²) in [6.07, 6.45) is 3.71. The molecule has 0 aliphatic carbocycles. The van der Waals surface area contributed by atoms with Crippen molar-refractivity contribution in [1.82, 2.24) is 10.3 Å². The van der Waals surface area contributed by atoms with Gasteiger partial charge in [-0.15, -0.1) is 0 Å². The Morgan fingerprint density at radius 1 is 1.38 bits per heavy atom. The molecule has 0 amide bonds. The molecule has 84 valence electrons. The Kier molecular flexibility index (Phi) is 3.49. The molecular formula is C13H16N2O. The van der Waals surface area contributed by atoms with Crippen molar-refractivity contribution in [3.05, 3.63) is 42.2 Å². The summed E-state index contributed by atoms with van der Waals surface area (Å²) < 4.78 is 5.22. The van der Waals surface area contributed by atoms with E-state index in [1.54, 1.807) is 7.11 Å². The Hall–Kier alpha value is -1.45. The molecule has 1 aromatic heterocycles. The van der Waals surface area contributed by atoms with Crippen LogP contribution in [0.1, 0.15) is 11.6 Å². The van der Waals surface area contributed by atoms with Crippen molar-refractivity contribution < 1.29 is 4.74 Å². The summed E-state index contributed by atoms with van der Waals surface area (Å²) in [5, 5.41) is 5.66. The number of aromatic nitrogens is 1. The van der Waals surface area contributed by atoms with E-state index in [1.165, 1.54) is 10.9 Å². The molecule has 2 aromatic rings. The molecule has 16 heavy (non-hydrogen) atoms. The van der Waals surface area contributed by atoms with Gasteiger partial charge < -0.3 is 10.1 Å². The van der Waals surface area contributed by atoms with Crippen LogP contribution in [-0.2, 0) is 4.74 Å². The second kappa shape index (κ2) is 5.05. The highest BCUT2D eigenvalue weighted by Crippen LogP contribution is 2.23. The largest absolute Gasteiger partial charge is 0.383 e. The number of fused-ring (bicyclic) bond motifs is 1. The Morgan fingerprint density at radius 3 is 3.00 bits per heavy atom. The molecule has 0 fully saturated rings.